The standard InChI is InChI=1S/C10H10ClNO3/c1-6-3-8(10(13)5-11)4-9(7(6)2)12(14)15/h3-4H,5H2,1-2H3. The zero-order valence-corrected chi connectivity index (χ0v) is 9.17. The van der Waals surface area contributed by atoms with E-state index in [4.69, 9.17) is 11.6 Å². The van der Waals surface area contributed by atoms with Crippen molar-refractivity contribution in [2.24, 2.45) is 0 Å². The van der Waals surface area contributed by atoms with Crippen molar-refractivity contribution in [1.29, 1.82) is 0 Å². The fourth-order valence-electron chi connectivity index (χ4n) is 1.27. The van der Waals surface area contributed by atoms with E-state index in [1.807, 2.05) is 0 Å². The third-order valence-corrected chi connectivity index (χ3v) is 2.52. The largest absolute Gasteiger partial charge is 0.293 e. The summed E-state index contributed by atoms with van der Waals surface area (Å²) in [6.07, 6.45) is 0. The van der Waals surface area contributed by atoms with E-state index in [1.54, 1.807) is 19.9 Å². The van der Waals surface area contributed by atoms with Crippen molar-refractivity contribution in [3.05, 3.63) is 38.9 Å². The summed E-state index contributed by atoms with van der Waals surface area (Å²) in [5.74, 6) is -0.470. The number of ketones is 1. The van der Waals surface area contributed by atoms with Gasteiger partial charge in [-0.3, -0.25) is 14.9 Å². The molecule has 0 aliphatic heterocycles. The molecule has 4 nitrogen and oxygen atoms in total. The van der Waals surface area contributed by atoms with Crippen LogP contribution in [-0.2, 0) is 0 Å². The second kappa shape index (κ2) is 4.40. The number of hydrogen-bond acceptors (Lipinski definition) is 3. The second-order valence-corrected chi connectivity index (χ2v) is 3.52. The van der Waals surface area contributed by atoms with Crippen molar-refractivity contribution in [3.8, 4) is 0 Å². The van der Waals surface area contributed by atoms with E-state index < -0.39 is 4.92 Å². The number of halogens is 1. The maximum Gasteiger partial charge on any atom is 0.273 e. The molecule has 0 unspecified atom stereocenters. The van der Waals surface area contributed by atoms with Crippen LogP contribution in [-0.4, -0.2) is 16.6 Å². The van der Waals surface area contributed by atoms with E-state index in [0.717, 1.165) is 5.56 Å². The van der Waals surface area contributed by atoms with Crippen LogP contribution >= 0.6 is 11.6 Å². The fraction of sp³-hybridized carbons (Fsp3) is 0.300. The number of nitro groups is 1. The van der Waals surface area contributed by atoms with Crippen LogP contribution in [0, 0.1) is 24.0 Å². The Labute approximate surface area is 92.0 Å². The first-order valence-corrected chi connectivity index (χ1v) is 4.85. The SMILES string of the molecule is Cc1cc(C(=O)CCl)cc([N+](=O)[O-])c1C. The molecule has 15 heavy (non-hydrogen) atoms. The van der Waals surface area contributed by atoms with Gasteiger partial charge in [0.15, 0.2) is 5.78 Å². The number of rotatable bonds is 3. The molecule has 0 N–H and O–H groups in total. The van der Waals surface area contributed by atoms with Gasteiger partial charge in [-0.1, -0.05) is 0 Å². The highest BCUT2D eigenvalue weighted by molar-refractivity contribution is 6.30. The molecule has 1 rings (SSSR count). The predicted octanol–water partition coefficient (Wildman–Crippen LogP) is 2.63. The van der Waals surface area contributed by atoms with Crippen LogP contribution in [0.4, 0.5) is 5.69 Å². The lowest BCUT2D eigenvalue weighted by molar-refractivity contribution is -0.385. The summed E-state index contributed by atoms with van der Waals surface area (Å²) in [7, 11) is 0. The predicted molar refractivity (Wildman–Crippen MR) is 57.6 cm³/mol. The summed E-state index contributed by atoms with van der Waals surface area (Å²) in [6, 6.07) is 2.89. The maximum atomic E-state index is 11.3. The first kappa shape index (κ1) is 11.7. The van der Waals surface area contributed by atoms with Gasteiger partial charge >= 0.3 is 0 Å². The Bertz CT molecular complexity index is 429. The second-order valence-electron chi connectivity index (χ2n) is 3.25. The van der Waals surface area contributed by atoms with E-state index in [0.29, 0.717) is 11.1 Å². The van der Waals surface area contributed by atoms with Gasteiger partial charge in [0.2, 0.25) is 0 Å². The summed E-state index contributed by atoms with van der Waals surface area (Å²) in [4.78, 5) is 21.5. The van der Waals surface area contributed by atoms with Crippen LogP contribution in [0.15, 0.2) is 12.1 Å². The number of nitro benzene ring substituents is 1. The van der Waals surface area contributed by atoms with Crippen molar-refractivity contribution >= 4 is 23.1 Å². The van der Waals surface area contributed by atoms with Crippen LogP contribution in [0.25, 0.3) is 0 Å². The summed E-state index contributed by atoms with van der Waals surface area (Å²) in [5, 5.41) is 10.7. The number of Topliss-reactive ketones (excluding diaryl/α,β-unsaturated/α-hetero) is 1. The molecule has 80 valence electrons. The number of hydrogen-bond donors (Lipinski definition) is 0. The minimum absolute atomic E-state index is 0.0385. The molecule has 1 aromatic carbocycles. The first-order valence-electron chi connectivity index (χ1n) is 4.32. The number of aryl methyl sites for hydroxylation is 1. The van der Waals surface area contributed by atoms with Crippen LogP contribution in [0.2, 0.25) is 0 Å². The van der Waals surface area contributed by atoms with E-state index in [9.17, 15) is 14.9 Å². The summed E-state index contributed by atoms with van der Waals surface area (Å²) in [5.41, 5.74) is 1.55. The molecule has 0 amide bonds. The van der Waals surface area contributed by atoms with E-state index >= 15 is 0 Å². The topological polar surface area (TPSA) is 60.2 Å². The molecule has 0 spiro atoms. The number of benzene rings is 1. The van der Waals surface area contributed by atoms with Gasteiger partial charge in [0.1, 0.15) is 0 Å². The van der Waals surface area contributed by atoms with Crippen molar-refractivity contribution in [2.45, 2.75) is 13.8 Å². The minimum Gasteiger partial charge on any atom is -0.293 e. The number of carbonyl (C=O) groups excluding carboxylic acids is 1. The average Bonchev–Trinajstić information content (AvgIpc) is 2.20. The van der Waals surface area contributed by atoms with E-state index in [1.165, 1.54) is 6.07 Å². The summed E-state index contributed by atoms with van der Waals surface area (Å²) in [6.45, 7) is 3.38. The quantitative estimate of drug-likeness (QED) is 0.345. The van der Waals surface area contributed by atoms with Gasteiger partial charge in [-0.05, 0) is 25.5 Å². The Kier molecular flexibility index (Phi) is 3.42. The van der Waals surface area contributed by atoms with Crippen LogP contribution in [0.3, 0.4) is 0 Å². The van der Waals surface area contributed by atoms with Gasteiger partial charge in [-0.25, -0.2) is 0 Å². The number of nitrogens with zero attached hydrogens (tertiary/aromatic N) is 1. The molecule has 0 aromatic heterocycles. The fourth-order valence-corrected chi connectivity index (χ4v) is 1.42. The molecule has 1 aromatic rings. The molecule has 0 bridgehead atoms. The lowest BCUT2D eigenvalue weighted by atomic mass is 10.0. The Morgan fingerprint density at radius 1 is 1.47 bits per heavy atom. The zero-order valence-electron chi connectivity index (χ0n) is 8.41. The maximum absolute atomic E-state index is 11.3. The van der Waals surface area contributed by atoms with Gasteiger partial charge in [-0.15, -0.1) is 11.6 Å². The molecule has 0 aliphatic carbocycles. The third-order valence-electron chi connectivity index (χ3n) is 2.28. The highest BCUT2D eigenvalue weighted by Crippen LogP contribution is 2.23. The molecule has 0 saturated heterocycles. The third kappa shape index (κ3) is 2.33. The lowest BCUT2D eigenvalue weighted by Crippen LogP contribution is -2.04. The molecule has 0 aliphatic rings. The molecule has 0 fully saturated rings. The number of alkyl halides is 1. The summed E-state index contributed by atoms with van der Waals surface area (Å²) >= 11 is 5.39. The Morgan fingerprint density at radius 3 is 2.53 bits per heavy atom. The van der Waals surface area contributed by atoms with Gasteiger partial charge in [-0.2, -0.15) is 0 Å². The van der Waals surface area contributed by atoms with Crippen molar-refractivity contribution < 1.29 is 9.72 Å². The van der Waals surface area contributed by atoms with Gasteiger partial charge < -0.3 is 0 Å². The molecular formula is C10H10ClNO3. The molecule has 0 radical (unpaired) electrons. The average molecular weight is 228 g/mol. The van der Waals surface area contributed by atoms with Crippen molar-refractivity contribution in [1.82, 2.24) is 0 Å². The Morgan fingerprint density at radius 2 is 2.07 bits per heavy atom. The normalized spacial score (nSPS) is 10.1. The van der Waals surface area contributed by atoms with Crippen LogP contribution in [0.1, 0.15) is 21.5 Å². The Hall–Kier alpha value is -1.42. The van der Waals surface area contributed by atoms with Crippen molar-refractivity contribution in [2.75, 3.05) is 5.88 Å². The molecular weight excluding hydrogens is 218 g/mol. The minimum atomic E-state index is -0.493. The number of carbonyl (C=O) groups is 1. The Balaban J connectivity index is 3.35. The van der Waals surface area contributed by atoms with Crippen LogP contribution in [0.5, 0.6) is 0 Å². The molecule has 0 atom stereocenters. The van der Waals surface area contributed by atoms with E-state index in [-0.39, 0.29) is 17.4 Å². The molecule has 0 heterocycles. The summed E-state index contributed by atoms with van der Waals surface area (Å²) < 4.78 is 0. The lowest BCUT2D eigenvalue weighted by Gasteiger charge is -2.04. The smallest absolute Gasteiger partial charge is 0.273 e. The molecule has 5 heteroatoms. The first-order chi connectivity index (χ1) is 6.97. The van der Waals surface area contributed by atoms with Crippen molar-refractivity contribution in [3.63, 3.8) is 0 Å². The highest BCUT2D eigenvalue weighted by Gasteiger charge is 2.16. The monoisotopic (exact) mass is 227 g/mol. The van der Waals surface area contributed by atoms with E-state index in [2.05, 4.69) is 0 Å². The zero-order chi connectivity index (χ0) is 11.6. The van der Waals surface area contributed by atoms with Crippen LogP contribution < -0.4 is 0 Å². The van der Waals surface area contributed by atoms with Gasteiger partial charge in [0.05, 0.1) is 10.8 Å². The van der Waals surface area contributed by atoms with Gasteiger partial charge in [0, 0.05) is 17.2 Å². The van der Waals surface area contributed by atoms with Gasteiger partial charge in [0.25, 0.3) is 5.69 Å². The molecule has 0 saturated carbocycles. The highest BCUT2D eigenvalue weighted by atomic mass is 35.5.